The van der Waals surface area contributed by atoms with Gasteiger partial charge in [-0.2, -0.15) is 0 Å². The lowest BCUT2D eigenvalue weighted by atomic mass is 9.60. The molecule has 2 heterocycles. The molecule has 0 spiro atoms. The quantitative estimate of drug-likeness (QED) is 0.558. The minimum atomic E-state index is 0.409. The fourth-order valence-electron chi connectivity index (χ4n) is 4.47. The molecule has 1 aliphatic carbocycles. The second-order valence-electron chi connectivity index (χ2n) is 8.82. The highest BCUT2D eigenvalue weighted by Crippen LogP contribution is 2.51. The predicted molar refractivity (Wildman–Crippen MR) is 74.9 cm³/mol. The minimum absolute atomic E-state index is 0.409. The van der Waals surface area contributed by atoms with Crippen molar-refractivity contribution < 1.29 is 4.48 Å². The van der Waals surface area contributed by atoms with Crippen LogP contribution in [-0.2, 0) is 0 Å². The van der Waals surface area contributed by atoms with Crippen LogP contribution in [0, 0.1) is 17.3 Å². The van der Waals surface area contributed by atoms with Gasteiger partial charge in [0.1, 0.15) is 0 Å². The summed E-state index contributed by atoms with van der Waals surface area (Å²) in [5.74, 6) is 1.92. The Morgan fingerprint density at radius 2 is 1.53 bits per heavy atom. The molecule has 3 rings (SSSR count). The topological polar surface area (TPSA) is 0 Å². The number of fused-ring (bicyclic) bond motifs is 3. The number of rotatable bonds is 0. The molecule has 4 unspecified atom stereocenters. The molecule has 4 atom stereocenters. The minimum Gasteiger partial charge on any atom is -0.319 e. The summed E-state index contributed by atoms with van der Waals surface area (Å²) in [6, 6.07) is 0.907. The Kier molecular flexibility index (Phi) is 2.94. The van der Waals surface area contributed by atoms with E-state index < -0.39 is 0 Å². The van der Waals surface area contributed by atoms with E-state index in [0.717, 1.165) is 17.9 Å². The van der Waals surface area contributed by atoms with Crippen LogP contribution in [0.2, 0.25) is 0 Å². The van der Waals surface area contributed by atoms with E-state index >= 15 is 0 Å². The summed E-state index contributed by atoms with van der Waals surface area (Å²) >= 11 is 0. The zero-order valence-corrected chi connectivity index (χ0v) is 13.0. The molecule has 0 aromatic heterocycles. The SMILES string of the molecule is CC(C)(C)C1CC2CCC1C[N+]2(C)C(C)(C)C. The van der Waals surface area contributed by atoms with Crippen LogP contribution in [0.1, 0.15) is 60.8 Å². The summed E-state index contributed by atoms with van der Waals surface area (Å²) in [4.78, 5) is 0. The van der Waals surface area contributed by atoms with Crippen LogP contribution >= 0.6 is 0 Å². The van der Waals surface area contributed by atoms with Crippen molar-refractivity contribution in [1.29, 1.82) is 0 Å². The molecule has 100 valence electrons. The van der Waals surface area contributed by atoms with Gasteiger partial charge in [-0.1, -0.05) is 20.8 Å². The van der Waals surface area contributed by atoms with E-state index in [1.54, 1.807) is 0 Å². The van der Waals surface area contributed by atoms with E-state index in [2.05, 4.69) is 48.6 Å². The first-order valence-corrected chi connectivity index (χ1v) is 7.41. The molecular formula is C16H32N+. The Labute approximate surface area is 108 Å². The summed E-state index contributed by atoms with van der Waals surface area (Å²) in [5, 5.41) is 0. The van der Waals surface area contributed by atoms with E-state index in [4.69, 9.17) is 0 Å². The van der Waals surface area contributed by atoms with Gasteiger partial charge in [0, 0.05) is 12.3 Å². The van der Waals surface area contributed by atoms with Crippen LogP contribution in [0.25, 0.3) is 0 Å². The zero-order chi connectivity index (χ0) is 13.1. The van der Waals surface area contributed by atoms with Gasteiger partial charge in [0.05, 0.1) is 25.2 Å². The summed E-state index contributed by atoms with van der Waals surface area (Å²) in [6.45, 7) is 16.0. The highest BCUT2D eigenvalue weighted by atomic mass is 15.4. The third-order valence-electron chi connectivity index (χ3n) is 6.03. The predicted octanol–water partition coefficient (Wildman–Crippen LogP) is 4.08. The van der Waals surface area contributed by atoms with Crippen LogP contribution in [-0.4, -0.2) is 29.7 Å². The molecule has 2 aliphatic heterocycles. The normalized spacial score (nSPS) is 42.9. The van der Waals surface area contributed by atoms with E-state index in [-0.39, 0.29) is 0 Å². The summed E-state index contributed by atoms with van der Waals surface area (Å²) in [6.07, 6.45) is 4.41. The van der Waals surface area contributed by atoms with E-state index in [1.165, 1.54) is 30.3 Å². The number of nitrogens with zero attached hydrogens (tertiary/aromatic N) is 1. The molecular weight excluding hydrogens is 206 g/mol. The van der Waals surface area contributed by atoms with Gasteiger partial charge in [0.15, 0.2) is 0 Å². The molecule has 1 saturated carbocycles. The van der Waals surface area contributed by atoms with Gasteiger partial charge in [-0.05, 0) is 44.9 Å². The van der Waals surface area contributed by atoms with Crippen molar-refractivity contribution in [2.24, 2.45) is 17.3 Å². The average molecular weight is 238 g/mol. The van der Waals surface area contributed by atoms with Gasteiger partial charge >= 0.3 is 0 Å². The fraction of sp³-hybridized carbons (Fsp3) is 1.00. The first-order chi connectivity index (χ1) is 7.56. The van der Waals surface area contributed by atoms with Crippen LogP contribution in [0.4, 0.5) is 0 Å². The molecule has 2 saturated heterocycles. The second-order valence-corrected chi connectivity index (χ2v) is 8.82. The number of piperidine rings is 2. The maximum absolute atomic E-state index is 2.51. The van der Waals surface area contributed by atoms with Gasteiger partial charge in [0.25, 0.3) is 0 Å². The lowest BCUT2D eigenvalue weighted by Crippen LogP contribution is -2.71. The molecule has 3 aliphatic rings. The lowest BCUT2D eigenvalue weighted by molar-refractivity contribution is -0.989. The van der Waals surface area contributed by atoms with Crippen molar-refractivity contribution in [3.63, 3.8) is 0 Å². The van der Waals surface area contributed by atoms with E-state index in [9.17, 15) is 0 Å². The average Bonchev–Trinajstić information content (AvgIpc) is 2.15. The molecule has 0 aromatic rings. The molecule has 0 radical (unpaired) electrons. The van der Waals surface area contributed by atoms with Crippen molar-refractivity contribution in [2.75, 3.05) is 13.6 Å². The first kappa shape index (κ1) is 13.4. The monoisotopic (exact) mass is 238 g/mol. The van der Waals surface area contributed by atoms with E-state index in [1.807, 2.05) is 0 Å². The summed E-state index contributed by atoms with van der Waals surface area (Å²) in [5.41, 5.74) is 0.915. The Hall–Kier alpha value is -0.0400. The molecule has 1 nitrogen and oxygen atoms in total. The van der Waals surface area contributed by atoms with Crippen LogP contribution < -0.4 is 0 Å². The number of quaternary nitrogens is 1. The molecule has 3 fully saturated rings. The Bertz CT molecular complexity index is 294. The van der Waals surface area contributed by atoms with Gasteiger partial charge in [-0.3, -0.25) is 0 Å². The summed E-state index contributed by atoms with van der Waals surface area (Å²) in [7, 11) is 2.51. The standard InChI is InChI=1S/C16H32N/c1-15(2,3)14-10-13-9-8-12(14)11-17(13,7)16(4,5)6/h12-14H,8-11H2,1-7H3/q+1. The molecule has 0 amide bonds. The first-order valence-electron chi connectivity index (χ1n) is 7.41. The van der Waals surface area contributed by atoms with E-state index in [0.29, 0.717) is 11.0 Å². The van der Waals surface area contributed by atoms with Crippen molar-refractivity contribution in [3.05, 3.63) is 0 Å². The largest absolute Gasteiger partial charge is 0.319 e. The maximum atomic E-state index is 2.51. The molecule has 0 N–H and O–H groups in total. The molecule has 1 heteroatoms. The number of hydrogen-bond donors (Lipinski definition) is 0. The second kappa shape index (κ2) is 3.73. The Morgan fingerprint density at radius 1 is 0.941 bits per heavy atom. The van der Waals surface area contributed by atoms with Crippen molar-refractivity contribution in [1.82, 2.24) is 0 Å². The summed E-state index contributed by atoms with van der Waals surface area (Å²) < 4.78 is 1.31. The third kappa shape index (κ3) is 2.05. The molecule has 2 bridgehead atoms. The van der Waals surface area contributed by atoms with Gasteiger partial charge < -0.3 is 4.48 Å². The Balaban J connectivity index is 2.24. The van der Waals surface area contributed by atoms with Crippen LogP contribution in [0.3, 0.4) is 0 Å². The van der Waals surface area contributed by atoms with Gasteiger partial charge in [0.2, 0.25) is 0 Å². The number of hydrogen-bond acceptors (Lipinski definition) is 0. The van der Waals surface area contributed by atoms with Gasteiger partial charge in [-0.25, -0.2) is 0 Å². The highest BCUT2D eigenvalue weighted by molar-refractivity contribution is 4.93. The van der Waals surface area contributed by atoms with Crippen LogP contribution in [0.5, 0.6) is 0 Å². The lowest BCUT2D eigenvalue weighted by Gasteiger charge is -2.62. The van der Waals surface area contributed by atoms with Crippen LogP contribution in [0.15, 0.2) is 0 Å². The fourth-order valence-corrected chi connectivity index (χ4v) is 4.47. The van der Waals surface area contributed by atoms with Crippen molar-refractivity contribution >= 4 is 0 Å². The van der Waals surface area contributed by atoms with Crippen molar-refractivity contribution in [3.8, 4) is 0 Å². The van der Waals surface area contributed by atoms with Gasteiger partial charge in [-0.15, -0.1) is 0 Å². The third-order valence-corrected chi connectivity index (χ3v) is 6.03. The zero-order valence-electron chi connectivity index (χ0n) is 13.0. The maximum Gasteiger partial charge on any atom is 0.0907 e. The molecule has 17 heavy (non-hydrogen) atoms. The Morgan fingerprint density at radius 3 is 1.88 bits per heavy atom. The highest BCUT2D eigenvalue weighted by Gasteiger charge is 2.55. The smallest absolute Gasteiger partial charge is 0.0907 e. The molecule has 0 aromatic carbocycles. The van der Waals surface area contributed by atoms with Crippen molar-refractivity contribution in [2.45, 2.75) is 72.4 Å².